The number of para-hydroxylation sites is 2. The van der Waals surface area contributed by atoms with Crippen LogP contribution >= 0.6 is 0 Å². The number of hydrogen-bond acceptors (Lipinski definition) is 2. The van der Waals surface area contributed by atoms with Crippen LogP contribution in [0.5, 0.6) is 5.75 Å². The zero-order chi connectivity index (χ0) is 22.0. The third-order valence-electron chi connectivity index (χ3n) is 5.65. The maximum absolute atomic E-state index is 13.3. The second-order valence-corrected chi connectivity index (χ2v) is 7.66. The highest BCUT2D eigenvalue weighted by molar-refractivity contribution is 6.06. The number of anilines is 1. The second kappa shape index (κ2) is 8.52. The summed E-state index contributed by atoms with van der Waals surface area (Å²) in [6.45, 7) is 6.07. The number of carbonyl (C=O) groups is 1. The Morgan fingerprint density at radius 3 is 2.26 bits per heavy atom. The molecular formula is C27H26N2O2. The predicted molar refractivity (Wildman–Crippen MR) is 126 cm³/mol. The van der Waals surface area contributed by atoms with Crippen LogP contribution in [0.1, 0.15) is 27.2 Å². The molecule has 3 aromatic carbocycles. The second-order valence-electron chi connectivity index (χ2n) is 7.66. The summed E-state index contributed by atoms with van der Waals surface area (Å²) in [7, 11) is 1.66. The maximum atomic E-state index is 13.3. The Hall–Kier alpha value is -3.79. The number of nitrogens with one attached hydrogen (secondary N) is 1. The monoisotopic (exact) mass is 410 g/mol. The Labute approximate surface area is 183 Å². The van der Waals surface area contributed by atoms with E-state index in [2.05, 4.69) is 16.8 Å². The fraction of sp³-hybridized carbons (Fsp3) is 0.148. The number of ether oxygens (including phenoxy) is 1. The van der Waals surface area contributed by atoms with Crippen LogP contribution in [0.4, 0.5) is 5.69 Å². The number of methoxy groups -OCH3 is 1. The van der Waals surface area contributed by atoms with Gasteiger partial charge in [-0.15, -0.1) is 0 Å². The van der Waals surface area contributed by atoms with Crippen molar-refractivity contribution in [2.75, 3.05) is 12.4 Å². The molecule has 0 bridgehead atoms. The highest BCUT2D eigenvalue weighted by Gasteiger charge is 2.21. The molecule has 0 radical (unpaired) electrons. The van der Waals surface area contributed by atoms with Gasteiger partial charge >= 0.3 is 0 Å². The quantitative estimate of drug-likeness (QED) is 0.418. The summed E-state index contributed by atoms with van der Waals surface area (Å²) in [6, 6.07) is 25.8. The van der Waals surface area contributed by atoms with Crippen molar-refractivity contribution in [1.29, 1.82) is 0 Å². The summed E-state index contributed by atoms with van der Waals surface area (Å²) in [5.74, 6) is 0.617. The molecule has 1 aromatic heterocycles. The number of rotatable bonds is 5. The topological polar surface area (TPSA) is 43.3 Å². The van der Waals surface area contributed by atoms with E-state index in [4.69, 9.17) is 4.74 Å². The average Bonchev–Trinajstić information content (AvgIpc) is 3.14. The molecule has 0 atom stereocenters. The van der Waals surface area contributed by atoms with Gasteiger partial charge in [0.1, 0.15) is 5.75 Å². The van der Waals surface area contributed by atoms with Gasteiger partial charge < -0.3 is 14.6 Å². The molecule has 4 heteroatoms. The van der Waals surface area contributed by atoms with Gasteiger partial charge in [-0.05, 0) is 67.8 Å². The van der Waals surface area contributed by atoms with Crippen LogP contribution in [0.25, 0.3) is 16.9 Å². The van der Waals surface area contributed by atoms with Crippen LogP contribution in [0.15, 0.2) is 78.9 Å². The van der Waals surface area contributed by atoms with Crippen LogP contribution in [-0.4, -0.2) is 17.6 Å². The van der Waals surface area contributed by atoms with E-state index >= 15 is 0 Å². The fourth-order valence-electron chi connectivity index (χ4n) is 3.80. The molecule has 31 heavy (non-hydrogen) atoms. The van der Waals surface area contributed by atoms with Gasteiger partial charge in [0.15, 0.2) is 0 Å². The number of amides is 1. The largest absolute Gasteiger partial charge is 0.495 e. The third kappa shape index (κ3) is 3.97. The number of nitrogens with zero attached hydrogens (tertiary/aromatic N) is 1. The molecule has 0 fully saturated rings. The Kier molecular flexibility index (Phi) is 5.63. The number of carbonyl (C=O) groups excluding carboxylic acids is 1. The van der Waals surface area contributed by atoms with E-state index < -0.39 is 0 Å². The van der Waals surface area contributed by atoms with E-state index in [1.165, 1.54) is 5.56 Å². The zero-order valence-electron chi connectivity index (χ0n) is 18.3. The Morgan fingerprint density at radius 2 is 1.55 bits per heavy atom. The molecule has 0 saturated carbocycles. The Bertz CT molecular complexity index is 1240. The standard InChI is InChI=1S/C27H26N2O2/c1-18-14-15-22(16-19(18)2)28-27(30)23-17-25(21-10-6-5-7-11-21)29(20(23)3)24-12-8-9-13-26(24)31-4/h5-17H,1-4H3,(H,28,30). The lowest BCUT2D eigenvalue weighted by Crippen LogP contribution is -2.13. The number of aromatic nitrogens is 1. The minimum Gasteiger partial charge on any atom is -0.495 e. The first-order valence-corrected chi connectivity index (χ1v) is 10.3. The van der Waals surface area contributed by atoms with Gasteiger partial charge in [0.25, 0.3) is 5.91 Å². The summed E-state index contributed by atoms with van der Waals surface area (Å²) in [6.07, 6.45) is 0. The number of hydrogen-bond donors (Lipinski definition) is 1. The molecule has 4 aromatic rings. The van der Waals surface area contributed by atoms with Crippen LogP contribution in [0.2, 0.25) is 0 Å². The summed E-state index contributed by atoms with van der Waals surface area (Å²) in [5.41, 5.74) is 7.47. The average molecular weight is 411 g/mol. The molecule has 0 aliphatic rings. The smallest absolute Gasteiger partial charge is 0.257 e. The lowest BCUT2D eigenvalue weighted by atomic mass is 10.1. The highest BCUT2D eigenvalue weighted by atomic mass is 16.5. The van der Waals surface area contributed by atoms with Gasteiger partial charge in [-0.25, -0.2) is 0 Å². The summed E-state index contributed by atoms with van der Waals surface area (Å²) in [4.78, 5) is 13.3. The van der Waals surface area contributed by atoms with Gasteiger partial charge in [0, 0.05) is 11.4 Å². The minimum atomic E-state index is -0.133. The van der Waals surface area contributed by atoms with Crippen molar-refractivity contribution in [2.24, 2.45) is 0 Å². The molecule has 0 spiro atoms. The van der Waals surface area contributed by atoms with Crippen molar-refractivity contribution >= 4 is 11.6 Å². The Balaban J connectivity index is 1.83. The SMILES string of the molecule is COc1ccccc1-n1c(-c2ccccc2)cc(C(=O)Nc2ccc(C)c(C)c2)c1C. The van der Waals surface area contributed by atoms with Gasteiger partial charge in [-0.2, -0.15) is 0 Å². The van der Waals surface area contributed by atoms with E-state index in [1.807, 2.05) is 92.7 Å². The van der Waals surface area contributed by atoms with Crippen molar-refractivity contribution in [3.63, 3.8) is 0 Å². The number of aryl methyl sites for hydroxylation is 2. The first kappa shape index (κ1) is 20.5. The first-order chi connectivity index (χ1) is 15.0. The van der Waals surface area contributed by atoms with Gasteiger partial charge in [0.2, 0.25) is 0 Å². The molecule has 4 rings (SSSR count). The van der Waals surface area contributed by atoms with Crippen LogP contribution < -0.4 is 10.1 Å². The van der Waals surface area contributed by atoms with Crippen molar-refractivity contribution in [1.82, 2.24) is 4.57 Å². The molecular weight excluding hydrogens is 384 g/mol. The molecule has 0 unspecified atom stereocenters. The van der Waals surface area contributed by atoms with Crippen LogP contribution in [0, 0.1) is 20.8 Å². The van der Waals surface area contributed by atoms with Gasteiger partial charge in [-0.3, -0.25) is 4.79 Å². The molecule has 1 amide bonds. The van der Waals surface area contributed by atoms with Crippen LogP contribution in [-0.2, 0) is 0 Å². The molecule has 0 aliphatic heterocycles. The minimum absolute atomic E-state index is 0.133. The van der Waals surface area contributed by atoms with E-state index in [0.29, 0.717) is 5.56 Å². The van der Waals surface area contributed by atoms with E-state index in [-0.39, 0.29) is 5.91 Å². The lowest BCUT2D eigenvalue weighted by molar-refractivity contribution is 0.102. The predicted octanol–water partition coefficient (Wildman–Crippen LogP) is 6.33. The van der Waals surface area contributed by atoms with E-state index in [9.17, 15) is 4.79 Å². The normalized spacial score (nSPS) is 10.7. The fourth-order valence-corrected chi connectivity index (χ4v) is 3.80. The molecule has 1 heterocycles. The first-order valence-electron chi connectivity index (χ1n) is 10.3. The zero-order valence-corrected chi connectivity index (χ0v) is 18.3. The summed E-state index contributed by atoms with van der Waals surface area (Å²) in [5, 5.41) is 3.06. The molecule has 0 aliphatic carbocycles. The van der Waals surface area contributed by atoms with Crippen molar-refractivity contribution in [2.45, 2.75) is 20.8 Å². The van der Waals surface area contributed by atoms with Gasteiger partial charge in [-0.1, -0.05) is 48.5 Å². The maximum Gasteiger partial charge on any atom is 0.257 e. The summed E-state index contributed by atoms with van der Waals surface area (Å²) >= 11 is 0. The molecule has 156 valence electrons. The van der Waals surface area contributed by atoms with E-state index in [1.54, 1.807) is 7.11 Å². The van der Waals surface area contributed by atoms with Crippen molar-refractivity contribution < 1.29 is 9.53 Å². The molecule has 1 N–H and O–H groups in total. The van der Waals surface area contributed by atoms with Crippen LogP contribution in [0.3, 0.4) is 0 Å². The van der Waals surface area contributed by atoms with Crippen molar-refractivity contribution in [3.8, 4) is 22.7 Å². The molecule has 4 nitrogen and oxygen atoms in total. The highest BCUT2D eigenvalue weighted by Crippen LogP contribution is 2.33. The summed E-state index contributed by atoms with van der Waals surface area (Å²) < 4.78 is 7.70. The van der Waals surface area contributed by atoms with Crippen molar-refractivity contribution in [3.05, 3.63) is 101 Å². The van der Waals surface area contributed by atoms with Gasteiger partial charge in [0.05, 0.1) is 24.1 Å². The molecule has 0 saturated heterocycles. The Morgan fingerprint density at radius 1 is 0.839 bits per heavy atom. The third-order valence-corrected chi connectivity index (χ3v) is 5.65. The number of benzene rings is 3. The van der Waals surface area contributed by atoms with E-state index in [0.717, 1.165) is 39.6 Å². The lowest BCUT2D eigenvalue weighted by Gasteiger charge is -2.15.